The second kappa shape index (κ2) is 3.65. The Morgan fingerprint density at radius 2 is 1.47 bits per heavy atom. The highest BCUT2D eigenvalue weighted by Gasteiger charge is 2.59. The van der Waals surface area contributed by atoms with Crippen LogP contribution in [-0.4, -0.2) is 79.6 Å². The maximum Gasteiger partial charge on any atom is 0.0996 e. The second-order valence-corrected chi connectivity index (χ2v) is 4.39. The lowest BCUT2D eigenvalue weighted by molar-refractivity contribution is -0.0321. The topological polar surface area (TPSA) is 104 Å². The predicted octanol–water partition coefficient (Wildman–Crippen LogP) is -3.12. The van der Waals surface area contributed by atoms with Crippen LogP contribution in [0.2, 0.25) is 0 Å². The van der Waals surface area contributed by atoms with Gasteiger partial charge in [0, 0.05) is 6.04 Å². The van der Waals surface area contributed by atoms with Crippen LogP contribution < -0.4 is 0 Å². The highest BCUT2D eigenvalue weighted by atomic mass is 16.4. The third kappa shape index (κ3) is 1.33. The Morgan fingerprint density at radius 1 is 0.933 bits per heavy atom. The van der Waals surface area contributed by atoms with Gasteiger partial charge in [0.1, 0.15) is 0 Å². The third-order valence-corrected chi connectivity index (χ3v) is 3.67. The zero-order valence-electron chi connectivity index (χ0n) is 8.43. The standard InChI is InChI=1S/C9H17NO5/c1-3-6(12)8(14)5-9(15)7(13)4(2-11)10(3)5/h3-9,11-15H,2H2,1H3/t3-,4-,5-,6+,7-,8+,9+/m1/s1. The van der Waals surface area contributed by atoms with Crippen LogP contribution in [0.4, 0.5) is 0 Å². The summed E-state index contributed by atoms with van der Waals surface area (Å²) in [6, 6.07) is -1.69. The summed E-state index contributed by atoms with van der Waals surface area (Å²) in [5.41, 5.74) is 0. The molecule has 15 heavy (non-hydrogen) atoms. The van der Waals surface area contributed by atoms with Crippen LogP contribution >= 0.6 is 0 Å². The normalized spacial score (nSPS) is 56.0. The molecule has 5 N–H and O–H groups in total. The van der Waals surface area contributed by atoms with Gasteiger partial charge in [-0.3, -0.25) is 4.90 Å². The molecular formula is C9H17NO5. The zero-order chi connectivity index (χ0) is 11.3. The van der Waals surface area contributed by atoms with E-state index in [4.69, 9.17) is 5.11 Å². The molecule has 6 heteroatoms. The number of hydrogen-bond acceptors (Lipinski definition) is 6. The van der Waals surface area contributed by atoms with Crippen molar-refractivity contribution < 1.29 is 25.5 Å². The van der Waals surface area contributed by atoms with Gasteiger partial charge in [-0.2, -0.15) is 0 Å². The van der Waals surface area contributed by atoms with Gasteiger partial charge in [-0.05, 0) is 6.92 Å². The maximum absolute atomic E-state index is 9.70. The predicted molar refractivity (Wildman–Crippen MR) is 50.0 cm³/mol. The molecule has 0 bridgehead atoms. The average Bonchev–Trinajstić information content (AvgIpc) is 2.59. The number of fused-ring (bicyclic) bond motifs is 1. The summed E-state index contributed by atoms with van der Waals surface area (Å²) < 4.78 is 0. The van der Waals surface area contributed by atoms with E-state index in [1.165, 1.54) is 0 Å². The molecular weight excluding hydrogens is 202 g/mol. The Kier molecular flexibility index (Phi) is 2.74. The minimum atomic E-state index is -1.13. The van der Waals surface area contributed by atoms with Crippen molar-refractivity contribution in [2.45, 2.75) is 49.5 Å². The minimum absolute atomic E-state index is 0.307. The number of aliphatic hydroxyl groups is 5. The van der Waals surface area contributed by atoms with Gasteiger partial charge in [-0.1, -0.05) is 0 Å². The number of aliphatic hydroxyl groups excluding tert-OH is 5. The number of hydrogen-bond donors (Lipinski definition) is 5. The first kappa shape index (κ1) is 11.3. The fraction of sp³-hybridized carbons (Fsp3) is 1.00. The van der Waals surface area contributed by atoms with Crippen LogP contribution in [0.5, 0.6) is 0 Å². The summed E-state index contributed by atoms with van der Waals surface area (Å²) in [6.07, 6.45) is -4.24. The van der Waals surface area contributed by atoms with Crippen molar-refractivity contribution in [1.29, 1.82) is 0 Å². The molecule has 0 aliphatic carbocycles. The monoisotopic (exact) mass is 219 g/mol. The smallest absolute Gasteiger partial charge is 0.0996 e. The van der Waals surface area contributed by atoms with E-state index in [0.29, 0.717) is 0 Å². The first-order chi connectivity index (χ1) is 7.00. The fourth-order valence-electron chi connectivity index (χ4n) is 2.82. The first-order valence-corrected chi connectivity index (χ1v) is 5.11. The molecule has 2 saturated heterocycles. The first-order valence-electron chi connectivity index (χ1n) is 5.11. The fourth-order valence-corrected chi connectivity index (χ4v) is 2.82. The van der Waals surface area contributed by atoms with E-state index in [-0.39, 0.29) is 12.6 Å². The Hall–Kier alpha value is -0.240. The van der Waals surface area contributed by atoms with Gasteiger partial charge in [-0.15, -0.1) is 0 Å². The summed E-state index contributed by atoms with van der Waals surface area (Å²) >= 11 is 0. The van der Waals surface area contributed by atoms with Crippen LogP contribution in [-0.2, 0) is 0 Å². The minimum Gasteiger partial charge on any atom is -0.395 e. The molecule has 6 nitrogen and oxygen atoms in total. The molecule has 2 heterocycles. The van der Waals surface area contributed by atoms with Crippen molar-refractivity contribution >= 4 is 0 Å². The van der Waals surface area contributed by atoms with Crippen molar-refractivity contribution in [3.63, 3.8) is 0 Å². The largest absolute Gasteiger partial charge is 0.395 e. The molecule has 0 spiro atoms. The molecule has 0 amide bonds. The van der Waals surface area contributed by atoms with Crippen LogP contribution in [0.3, 0.4) is 0 Å². The van der Waals surface area contributed by atoms with Crippen LogP contribution in [0.15, 0.2) is 0 Å². The molecule has 2 rings (SSSR count). The number of rotatable bonds is 1. The third-order valence-electron chi connectivity index (χ3n) is 3.67. The van der Waals surface area contributed by atoms with Crippen molar-refractivity contribution in [3.8, 4) is 0 Å². The van der Waals surface area contributed by atoms with Gasteiger partial charge in [0.05, 0.1) is 43.1 Å². The summed E-state index contributed by atoms with van der Waals surface area (Å²) in [5, 5.41) is 47.8. The molecule has 0 saturated carbocycles. The quantitative estimate of drug-likeness (QED) is 0.319. The van der Waals surface area contributed by atoms with E-state index in [9.17, 15) is 20.4 Å². The van der Waals surface area contributed by atoms with Gasteiger partial charge in [-0.25, -0.2) is 0 Å². The summed E-state index contributed by atoms with van der Waals surface area (Å²) in [6.45, 7) is 1.39. The van der Waals surface area contributed by atoms with E-state index in [1.54, 1.807) is 11.8 Å². The molecule has 88 valence electrons. The Balaban J connectivity index is 2.29. The van der Waals surface area contributed by atoms with Crippen molar-refractivity contribution in [3.05, 3.63) is 0 Å². The van der Waals surface area contributed by atoms with Crippen LogP contribution in [0, 0.1) is 0 Å². The number of nitrogens with zero attached hydrogens (tertiary/aromatic N) is 1. The Labute approximate surface area is 87.4 Å². The summed E-state index contributed by atoms with van der Waals surface area (Å²) in [5.74, 6) is 0. The molecule has 2 fully saturated rings. The molecule has 2 aliphatic rings. The van der Waals surface area contributed by atoms with E-state index in [1.807, 2.05) is 0 Å². The van der Waals surface area contributed by atoms with E-state index < -0.39 is 36.5 Å². The highest BCUT2D eigenvalue weighted by Crippen LogP contribution is 2.37. The lowest BCUT2D eigenvalue weighted by Crippen LogP contribution is -2.45. The van der Waals surface area contributed by atoms with Gasteiger partial charge < -0.3 is 25.5 Å². The zero-order valence-corrected chi connectivity index (χ0v) is 8.43. The molecule has 0 aromatic rings. The van der Waals surface area contributed by atoms with E-state index in [2.05, 4.69) is 0 Å². The van der Waals surface area contributed by atoms with Crippen LogP contribution in [0.1, 0.15) is 6.92 Å². The van der Waals surface area contributed by atoms with Gasteiger partial charge in [0.15, 0.2) is 0 Å². The van der Waals surface area contributed by atoms with Crippen molar-refractivity contribution in [2.75, 3.05) is 6.61 Å². The summed E-state index contributed by atoms with van der Waals surface area (Å²) in [4.78, 5) is 1.60. The molecule has 7 atom stereocenters. The van der Waals surface area contributed by atoms with Crippen molar-refractivity contribution in [2.24, 2.45) is 0 Å². The molecule has 0 aromatic carbocycles. The van der Waals surface area contributed by atoms with Gasteiger partial charge >= 0.3 is 0 Å². The molecule has 0 aromatic heterocycles. The van der Waals surface area contributed by atoms with E-state index >= 15 is 0 Å². The molecule has 2 aliphatic heterocycles. The Morgan fingerprint density at radius 3 is 2.00 bits per heavy atom. The lowest BCUT2D eigenvalue weighted by atomic mass is 10.00. The van der Waals surface area contributed by atoms with Crippen LogP contribution in [0.25, 0.3) is 0 Å². The molecule has 0 unspecified atom stereocenters. The SMILES string of the molecule is C[C@@H]1[C@H](O)[C@@H](O)[C@@H]2[C@H](O)[C@H](O)[C@@H](CO)N21. The Bertz CT molecular complexity index is 251. The average molecular weight is 219 g/mol. The summed E-state index contributed by atoms with van der Waals surface area (Å²) in [7, 11) is 0. The maximum atomic E-state index is 9.70. The lowest BCUT2D eigenvalue weighted by Gasteiger charge is -2.27. The van der Waals surface area contributed by atoms with Gasteiger partial charge in [0.2, 0.25) is 0 Å². The highest BCUT2D eigenvalue weighted by molar-refractivity contribution is 5.12. The molecule has 0 radical (unpaired) electrons. The van der Waals surface area contributed by atoms with E-state index in [0.717, 1.165) is 0 Å². The van der Waals surface area contributed by atoms with Crippen molar-refractivity contribution in [1.82, 2.24) is 4.90 Å². The second-order valence-electron chi connectivity index (χ2n) is 4.39. The van der Waals surface area contributed by atoms with Gasteiger partial charge in [0.25, 0.3) is 0 Å².